The summed E-state index contributed by atoms with van der Waals surface area (Å²) in [4.78, 5) is 11.1. The number of rotatable bonds is 8. The van der Waals surface area contributed by atoms with Gasteiger partial charge in [-0.2, -0.15) is 18.7 Å². The van der Waals surface area contributed by atoms with E-state index in [4.69, 9.17) is 26.2 Å². The average molecular weight is 449 g/mol. The molecule has 0 amide bonds. The number of nitrogens with one attached hydrogen (secondary N) is 2. The van der Waals surface area contributed by atoms with Crippen molar-refractivity contribution in [2.24, 2.45) is 0 Å². The van der Waals surface area contributed by atoms with E-state index in [9.17, 15) is 13.0 Å². The molecule has 1 unspecified atom stereocenters. The monoisotopic (exact) mass is 448 g/mol. The van der Waals surface area contributed by atoms with Crippen LogP contribution in [-0.2, 0) is 11.0 Å². The fraction of sp³-hybridized carbons (Fsp3) is 0.250. The molecule has 0 fully saturated rings. The molecule has 9 nitrogen and oxygen atoms in total. The molecule has 1 aromatic carbocycles. The van der Waals surface area contributed by atoms with Crippen LogP contribution in [0.3, 0.4) is 0 Å². The first kappa shape index (κ1) is 21.0. The van der Waals surface area contributed by atoms with E-state index in [2.05, 4.69) is 24.4 Å². The van der Waals surface area contributed by atoms with Gasteiger partial charge < -0.3 is 24.3 Å². The SMILES string of the molecule is COc1nc(NS(=O)c2c[nH]c3cc(Cl)ccc23)nc(OC)c1OC(F)(F)CO. The zero-order valence-corrected chi connectivity index (χ0v) is 16.6. The lowest BCUT2D eigenvalue weighted by molar-refractivity contribution is -0.202. The first-order chi connectivity index (χ1) is 13.8. The van der Waals surface area contributed by atoms with Crippen LogP contribution in [0.1, 0.15) is 0 Å². The maximum Gasteiger partial charge on any atom is 0.422 e. The van der Waals surface area contributed by atoms with Crippen molar-refractivity contribution in [2.45, 2.75) is 11.0 Å². The summed E-state index contributed by atoms with van der Waals surface area (Å²) in [5.74, 6) is -1.66. The summed E-state index contributed by atoms with van der Waals surface area (Å²) < 4.78 is 56.4. The third kappa shape index (κ3) is 4.49. The van der Waals surface area contributed by atoms with Crippen molar-refractivity contribution in [3.63, 3.8) is 0 Å². The molecular formula is C16H15ClF2N4O5S. The van der Waals surface area contributed by atoms with Gasteiger partial charge in [-0.15, -0.1) is 0 Å². The zero-order chi connectivity index (χ0) is 21.2. The molecule has 1 atom stereocenters. The molecule has 3 N–H and O–H groups in total. The number of benzene rings is 1. The Morgan fingerprint density at radius 3 is 2.52 bits per heavy atom. The third-order valence-electron chi connectivity index (χ3n) is 3.62. The number of nitrogens with zero attached hydrogens (tertiary/aromatic N) is 2. The Hall–Kier alpha value is -2.70. The number of methoxy groups -OCH3 is 2. The van der Waals surface area contributed by atoms with E-state index < -0.39 is 41.2 Å². The van der Waals surface area contributed by atoms with Gasteiger partial charge in [0.05, 0.1) is 19.1 Å². The molecule has 156 valence electrons. The number of aliphatic hydroxyl groups excluding tert-OH is 1. The first-order valence-electron chi connectivity index (χ1n) is 7.90. The van der Waals surface area contributed by atoms with Gasteiger partial charge in [-0.05, 0) is 12.1 Å². The van der Waals surface area contributed by atoms with Gasteiger partial charge in [-0.25, -0.2) is 4.21 Å². The number of fused-ring (bicyclic) bond motifs is 1. The van der Waals surface area contributed by atoms with Crippen molar-refractivity contribution in [3.05, 3.63) is 29.4 Å². The van der Waals surface area contributed by atoms with E-state index in [1.165, 1.54) is 6.20 Å². The van der Waals surface area contributed by atoms with E-state index in [0.29, 0.717) is 20.8 Å². The second-order valence-corrected chi connectivity index (χ2v) is 7.12. The number of hydrogen-bond donors (Lipinski definition) is 3. The van der Waals surface area contributed by atoms with E-state index >= 15 is 0 Å². The molecule has 29 heavy (non-hydrogen) atoms. The Kier molecular flexibility index (Phi) is 6.05. The van der Waals surface area contributed by atoms with E-state index in [1.807, 2.05) is 0 Å². The van der Waals surface area contributed by atoms with E-state index in [1.54, 1.807) is 18.2 Å². The lowest BCUT2D eigenvalue weighted by Crippen LogP contribution is -2.29. The minimum atomic E-state index is -3.91. The van der Waals surface area contributed by atoms with Crippen molar-refractivity contribution in [2.75, 3.05) is 25.5 Å². The molecule has 0 saturated carbocycles. The predicted molar refractivity (Wildman–Crippen MR) is 101 cm³/mol. The minimum Gasteiger partial charge on any atom is -0.478 e. The van der Waals surface area contributed by atoms with Gasteiger partial charge in [0.1, 0.15) is 6.61 Å². The molecule has 2 aromatic heterocycles. The molecule has 0 bridgehead atoms. The highest BCUT2D eigenvalue weighted by Crippen LogP contribution is 2.38. The summed E-state index contributed by atoms with van der Waals surface area (Å²) in [6.07, 6.45) is -2.38. The number of aliphatic hydroxyl groups is 1. The van der Waals surface area contributed by atoms with Crippen molar-refractivity contribution in [1.29, 1.82) is 0 Å². The Labute approximate surface area is 170 Å². The molecule has 0 spiro atoms. The molecule has 0 aliphatic rings. The largest absolute Gasteiger partial charge is 0.478 e. The molecule has 0 saturated heterocycles. The van der Waals surface area contributed by atoms with Crippen molar-refractivity contribution < 1.29 is 32.3 Å². The number of ether oxygens (including phenoxy) is 3. The fourth-order valence-electron chi connectivity index (χ4n) is 2.36. The molecule has 3 aromatic rings. The smallest absolute Gasteiger partial charge is 0.422 e. The number of alkyl halides is 2. The van der Waals surface area contributed by atoms with Gasteiger partial charge in [0.25, 0.3) is 11.8 Å². The Balaban J connectivity index is 1.93. The van der Waals surface area contributed by atoms with Crippen molar-refractivity contribution in [1.82, 2.24) is 15.0 Å². The maximum absolute atomic E-state index is 13.4. The highest BCUT2D eigenvalue weighted by Gasteiger charge is 2.35. The van der Waals surface area contributed by atoms with Gasteiger partial charge in [-0.3, -0.25) is 4.72 Å². The Morgan fingerprint density at radius 2 is 1.93 bits per heavy atom. The Morgan fingerprint density at radius 1 is 1.28 bits per heavy atom. The first-order valence-corrected chi connectivity index (χ1v) is 9.43. The normalized spacial score (nSPS) is 12.6. The molecule has 0 aliphatic heterocycles. The minimum absolute atomic E-state index is 0.222. The summed E-state index contributed by atoms with van der Waals surface area (Å²) >= 11 is 5.93. The molecule has 3 rings (SSSR count). The predicted octanol–water partition coefficient (Wildman–Crippen LogP) is 2.73. The number of aromatic amines is 1. The van der Waals surface area contributed by atoms with Crippen LogP contribution < -0.4 is 18.9 Å². The van der Waals surface area contributed by atoms with Gasteiger partial charge >= 0.3 is 6.11 Å². The van der Waals surface area contributed by atoms with Crippen LogP contribution in [0.25, 0.3) is 10.9 Å². The molecule has 0 radical (unpaired) electrons. The van der Waals surface area contributed by atoms with Gasteiger partial charge in [0.2, 0.25) is 11.7 Å². The van der Waals surface area contributed by atoms with Crippen molar-refractivity contribution >= 4 is 39.4 Å². The van der Waals surface area contributed by atoms with Crippen LogP contribution in [0.2, 0.25) is 5.02 Å². The standard InChI is InChI=1S/C16H15ClF2N4O5S/c1-26-13-12(28-16(18,19)7-24)14(27-2)22-15(21-13)23-29(25)11-6-20-10-5-8(17)3-4-9(10)11/h3-6,20,24H,7H2,1-2H3,(H,21,22,23). The van der Waals surface area contributed by atoms with Gasteiger partial charge in [0.15, 0.2) is 11.0 Å². The summed E-state index contributed by atoms with van der Waals surface area (Å²) in [6, 6.07) is 5.01. The van der Waals surface area contributed by atoms with Gasteiger partial charge in [0, 0.05) is 22.1 Å². The highest BCUT2D eigenvalue weighted by atomic mass is 35.5. The fourth-order valence-corrected chi connectivity index (χ4v) is 3.45. The van der Waals surface area contributed by atoms with Crippen LogP contribution >= 0.6 is 11.6 Å². The van der Waals surface area contributed by atoms with Crippen LogP contribution in [0.5, 0.6) is 17.5 Å². The zero-order valence-electron chi connectivity index (χ0n) is 15.0. The number of anilines is 1. The van der Waals surface area contributed by atoms with Crippen LogP contribution in [0.15, 0.2) is 29.3 Å². The second kappa shape index (κ2) is 8.35. The quantitative estimate of drug-likeness (QED) is 0.484. The summed E-state index contributed by atoms with van der Waals surface area (Å²) in [6.45, 7) is -1.58. The average Bonchev–Trinajstić information content (AvgIpc) is 3.11. The lowest BCUT2D eigenvalue weighted by atomic mass is 10.2. The Bertz CT molecular complexity index is 1040. The van der Waals surface area contributed by atoms with Crippen LogP contribution in [0, 0.1) is 0 Å². The van der Waals surface area contributed by atoms with E-state index in [0.717, 1.165) is 14.2 Å². The summed E-state index contributed by atoms with van der Waals surface area (Å²) in [5, 5.41) is 9.87. The number of H-pyrrole nitrogens is 1. The topological polar surface area (TPSA) is 119 Å². The maximum atomic E-state index is 13.4. The summed E-state index contributed by atoms with van der Waals surface area (Å²) in [7, 11) is 0.504. The van der Waals surface area contributed by atoms with E-state index in [-0.39, 0.29) is 5.95 Å². The molecule has 2 heterocycles. The number of aromatic nitrogens is 3. The highest BCUT2D eigenvalue weighted by molar-refractivity contribution is 7.86. The van der Waals surface area contributed by atoms with Crippen molar-refractivity contribution in [3.8, 4) is 17.5 Å². The summed E-state index contributed by atoms with van der Waals surface area (Å²) in [5.41, 5.74) is 0.675. The number of hydrogen-bond acceptors (Lipinski definition) is 7. The molecule has 0 aliphatic carbocycles. The molecular weight excluding hydrogens is 434 g/mol. The second-order valence-electron chi connectivity index (χ2n) is 5.51. The molecule has 13 heteroatoms. The van der Waals surface area contributed by atoms with Crippen LogP contribution in [-0.4, -0.2) is 51.2 Å². The number of halogens is 3. The third-order valence-corrected chi connectivity index (χ3v) is 4.96. The van der Waals surface area contributed by atoms with Crippen LogP contribution in [0.4, 0.5) is 14.7 Å². The lowest BCUT2D eigenvalue weighted by Gasteiger charge is -2.18. The van der Waals surface area contributed by atoms with Gasteiger partial charge in [-0.1, -0.05) is 17.7 Å².